The van der Waals surface area contributed by atoms with Gasteiger partial charge in [-0.3, -0.25) is 4.90 Å². The summed E-state index contributed by atoms with van der Waals surface area (Å²) in [5, 5.41) is 10.8. The standard InChI is InChI=1S/C22H23NO/c1-23(16-18-10-4-2-5-11-18)17-20-14-8-9-15-21(20)22(24)19-12-6-3-7-13-19/h2-15,22,24H,16-17H2,1H3. The van der Waals surface area contributed by atoms with E-state index in [0.717, 1.165) is 29.8 Å². The Morgan fingerprint density at radius 1 is 0.750 bits per heavy atom. The second-order valence-electron chi connectivity index (χ2n) is 6.17. The molecule has 0 bridgehead atoms. The van der Waals surface area contributed by atoms with E-state index >= 15 is 0 Å². The first-order valence-corrected chi connectivity index (χ1v) is 8.27. The summed E-state index contributed by atoms with van der Waals surface area (Å²) in [6.07, 6.45) is -0.590. The van der Waals surface area contributed by atoms with Gasteiger partial charge in [-0.05, 0) is 29.3 Å². The third kappa shape index (κ3) is 4.10. The van der Waals surface area contributed by atoms with Crippen LogP contribution < -0.4 is 0 Å². The minimum Gasteiger partial charge on any atom is -0.384 e. The Kier molecular flexibility index (Phi) is 5.42. The number of hydrogen-bond acceptors (Lipinski definition) is 2. The molecule has 24 heavy (non-hydrogen) atoms. The van der Waals surface area contributed by atoms with Gasteiger partial charge in [0.1, 0.15) is 6.10 Å². The van der Waals surface area contributed by atoms with E-state index in [4.69, 9.17) is 0 Å². The summed E-state index contributed by atoms with van der Waals surface area (Å²) in [5.41, 5.74) is 4.35. The van der Waals surface area contributed by atoms with Crippen LogP contribution in [0.3, 0.4) is 0 Å². The molecule has 3 aromatic carbocycles. The number of benzene rings is 3. The van der Waals surface area contributed by atoms with Crippen LogP contribution in [-0.4, -0.2) is 17.1 Å². The smallest absolute Gasteiger partial charge is 0.104 e. The van der Waals surface area contributed by atoms with Gasteiger partial charge in [0, 0.05) is 13.1 Å². The summed E-state index contributed by atoms with van der Waals surface area (Å²) >= 11 is 0. The molecular formula is C22H23NO. The Bertz CT molecular complexity index is 755. The first kappa shape index (κ1) is 16.4. The summed E-state index contributed by atoms with van der Waals surface area (Å²) in [6.45, 7) is 1.69. The fraction of sp³-hybridized carbons (Fsp3) is 0.182. The molecule has 0 aromatic heterocycles. The van der Waals surface area contributed by atoms with Crippen molar-refractivity contribution in [1.82, 2.24) is 4.90 Å². The van der Waals surface area contributed by atoms with Gasteiger partial charge in [0.15, 0.2) is 0 Å². The largest absolute Gasteiger partial charge is 0.384 e. The average molecular weight is 317 g/mol. The van der Waals surface area contributed by atoms with Gasteiger partial charge in [-0.25, -0.2) is 0 Å². The zero-order chi connectivity index (χ0) is 16.8. The van der Waals surface area contributed by atoms with Crippen LogP contribution in [0.1, 0.15) is 28.4 Å². The van der Waals surface area contributed by atoms with E-state index in [9.17, 15) is 5.11 Å². The van der Waals surface area contributed by atoms with Crippen molar-refractivity contribution in [3.05, 3.63) is 107 Å². The molecule has 0 spiro atoms. The van der Waals surface area contributed by atoms with Crippen molar-refractivity contribution < 1.29 is 5.11 Å². The number of rotatable bonds is 6. The van der Waals surface area contributed by atoms with Gasteiger partial charge in [-0.15, -0.1) is 0 Å². The molecule has 0 aliphatic rings. The second-order valence-corrected chi connectivity index (χ2v) is 6.17. The molecule has 0 heterocycles. The van der Waals surface area contributed by atoms with E-state index in [1.54, 1.807) is 0 Å². The van der Waals surface area contributed by atoms with Crippen LogP contribution in [0.4, 0.5) is 0 Å². The van der Waals surface area contributed by atoms with Gasteiger partial charge >= 0.3 is 0 Å². The fourth-order valence-electron chi connectivity index (χ4n) is 3.00. The minimum atomic E-state index is -0.590. The Labute approximate surface area is 144 Å². The van der Waals surface area contributed by atoms with Gasteiger partial charge in [0.05, 0.1) is 0 Å². The third-order valence-electron chi connectivity index (χ3n) is 4.20. The van der Waals surface area contributed by atoms with E-state index < -0.39 is 6.10 Å². The molecule has 1 N–H and O–H groups in total. The van der Waals surface area contributed by atoms with Crippen LogP contribution >= 0.6 is 0 Å². The lowest BCUT2D eigenvalue weighted by atomic mass is 9.96. The molecule has 122 valence electrons. The van der Waals surface area contributed by atoms with Crippen LogP contribution in [0.25, 0.3) is 0 Å². The summed E-state index contributed by atoms with van der Waals surface area (Å²) < 4.78 is 0. The van der Waals surface area contributed by atoms with Crippen molar-refractivity contribution in [2.75, 3.05) is 7.05 Å². The van der Waals surface area contributed by atoms with Crippen molar-refractivity contribution in [1.29, 1.82) is 0 Å². The lowest BCUT2D eigenvalue weighted by molar-refractivity contribution is 0.216. The highest BCUT2D eigenvalue weighted by atomic mass is 16.3. The topological polar surface area (TPSA) is 23.5 Å². The molecule has 1 atom stereocenters. The Morgan fingerprint density at radius 3 is 2.04 bits per heavy atom. The summed E-state index contributed by atoms with van der Waals surface area (Å²) in [6, 6.07) is 28.4. The van der Waals surface area contributed by atoms with Crippen LogP contribution in [0, 0.1) is 0 Å². The van der Waals surface area contributed by atoms with Crippen LogP contribution in [0.2, 0.25) is 0 Å². The van der Waals surface area contributed by atoms with Crippen molar-refractivity contribution in [3.63, 3.8) is 0 Å². The summed E-state index contributed by atoms with van der Waals surface area (Å²) in [7, 11) is 2.11. The highest BCUT2D eigenvalue weighted by Gasteiger charge is 2.15. The highest BCUT2D eigenvalue weighted by Crippen LogP contribution is 2.25. The molecule has 0 fully saturated rings. The van der Waals surface area contributed by atoms with Gasteiger partial charge < -0.3 is 5.11 Å². The third-order valence-corrected chi connectivity index (χ3v) is 4.20. The van der Waals surface area contributed by atoms with Crippen molar-refractivity contribution in [2.45, 2.75) is 19.2 Å². The fourth-order valence-corrected chi connectivity index (χ4v) is 3.00. The molecule has 2 nitrogen and oxygen atoms in total. The SMILES string of the molecule is CN(Cc1ccccc1)Cc1ccccc1C(O)c1ccccc1. The van der Waals surface area contributed by atoms with Crippen molar-refractivity contribution in [2.24, 2.45) is 0 Å². The molecule has 0 aliphatic heterocycles. The Hall–Kier alpha value is -2.42. The predicted octanol–water partition coefficient (Wildman–Crippen LogP) is 4.40. The lowest BCUT2D eigenvalue weighted by Gasteiger charge is -2.21. The zero-order valence-electron chi connectivity index (χ0n) is 14.0. The van der Waals surface area contributed by atoms with E-state index in [1.807, 2.05) is 54.6 Å². The molecule has 2 heteroatoms. The van der Waals surface area contributed by atoms with Crippen LogP contribution in [-0.2, 0) is 13.1 Å². The molecule has 0 saturated carbocycles. The zero-order valence-corrected chi connectivity index (χ0v) is 14.0. The maximum atomic E-state index is 10.8. The Morgan fingerprint density at radius 2 is 1.33 bits per heavy atom. The van der Waals surface area contributed by atoms with Gasteiger partial charge in [-0.1, -0.05) is 84.9 Å². The maximum absolute atomic E-state index is 10.8. The second kappa shape index (κ2) is 7.91. The van der Waals surface area contributed by atoms with Crippen molar-refractivity contribution in [3.8, 4) is 0 Å². The van der Waals surface area contributed by atoms with Crippen LogP contribution in [0.5, 0.6) is 0 Å². The molecule has 0 aliphatic carbocycles. The first-order chi connectivity index (χ1) is 11.7. The number of aliphatic hydroxyl groups is 1. The first-order valence-electron chi connectivity index (χ1n) is 8.27. The summed E-state index contributed by atoms with van der Waals surface area (Å²) in [5.74, 6) is 0. The predicted molar refractivity (Wildman–Crippen MR) is 98.6 cm³/mol. The van der Waals surface area contributed by atoms with E-state index in [0.29, 0.717) is 0 Å². The maximum Gasteiger partial charge on any atom is 0.104 e. The number of nitrogens with zero attached hydrogens (tertiary/aromatic N) is 1. The molecule has 3 rings (SSSR count). The van der Waals surface area contributed by atoms with Gasteiger partial charge in [0.2, 0.25) is 0 Å². The van der Waals surface area contributed by atoms with Crippen molar-refractivity contribution >= 4 is 0 Å². The summed E-state index contributed by atoms with van der Waals surface area (Å²) in [4.78, 5) is 2.27. The molecule has 3 aromatic rings. The van der Waals surface area contributed by atoms with Crippen LogP contribution in [0.15, 0.2) is 84.9 Å². The lowest BCUT2D eigenvalue weighted by Crippen LogP contribution is -2.19. The van der Waals surface area contributed by atoms with E-state index in [-0.39, 0.29) is 0 Å². The number of hydrogen-bond donors (Lipinski definition) is 1. The quantitative estimate of drug-likeness (QED) is 0.728. The van der Waals surface area contributed by atoms with Gasteiger partial charge in [0.25, 0.3) is 0 Å². The average Bonchev–Trinajstić information content (AvgIpc) is 2.63. The highest BCUT2D eigenvalue weighted by molar-refractivity contribution is 5.35. The number of aliphatic hydroxyl groups excluding tert-OH is 1. The monoisotopic (exact) mass is 317 g/mol. The molecule has 1 unspecified atom stereocenters. The molecule has 0 saturated heterocycles. The van der Waals surface area contributed by atoms with E-state index in [1.165, 1.54) is 5.56 Å². The molecule has 0 amide bonds. The molecular weight excluding hydrogens is 294 g/mol. The Balaban J connectivity index is 1.77. The van der Waals surface area contributed by atoms with Gasteiger partial charge in [-0.2, -0.15) is 0 Å². The normalized spacial score (nSPS) is 12.3. The minimum absolute atomic E-state index is 0.590. The van der Waals surface area contributed by atoms with E-state index in [2.05, 4.69) is 42.3 Å². The molecule has 0 radical (unpaired) electrons.